The first-order valence-electron chi connectivity index (χ1n) is 7.18. The van der Waals surface area contributed by atoms with E-state index in [-0.39, 0.29) is 11.1 Å². The Labute approximate surface area is 169 Å². The number of carboxylic acid groups (broad SMARTS) is 1. The number of nitrogens with one attached hydrogen (secondary N) is 1. The van der Waals surface area contributed by atoms with E-state index >= 15 is 0 Å². The van der Waals surface area contributed by atoms with Crippen LogP contribution in [0.15, 0.2) is 44.4 Å². The summed E-state index contributed by atoms with van der Waals surface area (Å²) in [5, 5.41) is 21.1. The van der Waals surface area contributed by atoms with Gasteiger partial charge in [-0.05, 0) is 67.8 Å². The lowest BCUT2D eigenvalue weighted by Crippen LogP contribution is -2.19. The third-order valence-corrected chi connectivity index (χ3v) is 4.26. The van der Waals surface area contributed by atoms with E-state index < -0.39 is 24.3 Å². The number of amides is 1. The Morgan fingerprint density at radius 3 is 2.52 bits per heavy atom. The van der Waals surface area contributed by atoms with Crippen LogP contribution in [0.4, 0.5) is 4.39 Å². The third-order valence-electron chi connectivity index (χ3n) is 3.08. The van der Waals surface area contributed by atoms with Gasteiger partial charge < -0.3 is 9.84 Å². The first-order valence-corrected chi connectivity index (χ1v) is 8.77. The number of hydrogen-bond donors (Lipinski definition) is 2. The molecule has 2 N–H and O–H groups in total. The minimum atomic E-state index is -1.11. The predicted octanol–water partition coefficient (Wildman–Crippen LogP) is 3.45. The number of carboxylic acids is 1. The first-order chi connectivity index (χ1) is 12.8. The molecule has 0 atom stereocenters. The first kappa shape index (κ1) is 20.5. The number of halogens is 3. The van der Waals surface area contributed by atoms with Crippen LogP contribution in [0.3, 0.4) is 0 Å². The molecule has 2 aromatic rings. The summed E-state index contributed by atoms with van der Waals surface area (Å²) in [4.78, 5) is 22.5. The number of carbonyl (C=O) groups is 2. The molecular weight excluding hydrogens is 489 g/mol. The zero-order valence-electron chi connectivity index (χ0n) is 13.4. The van der Waals surface area contributed by atoms with Gasteiger partial charge in [-0.2, -0.15) is 10.4 Å². The lowest BCUT2D eigenvalue weighted by molar-refractivity contribution is -0.139. The number of benzene rings is 2. The fourth-order valence-corrected chi connectivity index (χ4v) is 3.37. The number of aliphatic carboxylic acids is 1. The van der Waals surface area contributed by atoms with E-state index in [1.807, 2.05) is 0 Å². The maximum Gasteiger partial charge on any atom is 0.341 e. The fraction of sp³-hybridized carbons (Fsp3) is 0.0588. The van der Waals surface area contributed by atoms with Crippen molar-refractivity contribution in [3.63, 3.8) is 0 Å². The summed E-state index contributed by atoms with van der Waals surface area (Å²) in [6, 6.07) is 8.45. The maximum atomic E-state index is 13.8. The molecule has 27 heavy (non-hydrogen) atoms. The average molecular weight is 499 g/mol. The molecular formula is C17H10Br2FN3O4. The van der Waals surface area contributed by atoms with E-state index in [9.17, 15) is 14.0 Å². The molecule has 10 heteroatoms. The average Bonchev–Trinajstić information content (AvgIpc) is 2.60. The van der Waals surface area contributed by atoms with Gasteiger partial charge in [0.2, 0.25) is 0 Å². The van der Waals surface area contributed by atoms with Crippen molar-refractivity contribution in [3.05, 3.63) is 61.8 Å². The van der Waals surface area contributed by atoms with Gasteiger partial charge in [0, 0.05) is 0 Å². The summed E-state index contributed by atoms with van der Waals surface area (Å²) in [7, 11) is 0. The molecule has 0 saturated heterocycles. The molecule has 7 nitrogen and oxygen atoms in total. The smallest absolute Gasteiger partial charge is 0.341 e. The lowest BCUT2D eigenvalue weighted by atomic mass is 10.1. The second-order valence-electron chi connectivity index (χ2n) is 5.00. The van der Waals surface area contributed by atoms with Crippen molar-refractivity contribution < 1.29 is 23.8 Å². The van der Waals surface area contributed by atoms with Crippen molar-refractivity contribution in [1.29, 1.82) is 5.26 Å². The molecule has 0 aromatic heterocycles. The molecule has 0 aliphatic carbocycles. The number of rotatable bonds is 6. The number of hydrogen-bond acceptors (Lipinski definition) is 5. The number of carbonyl (C=O) groups excluding carboxylic acids is 1. The van der Waals surface area contributed by atoms with E-state index in [1.54, 1.807) is 18.2 Å². The Morgan fingerprint density at radius 2 is 1.96 bits per heavy atom. The largest absolute Gasteiger partial charge is 0.480 e. The highest BCUT2D eigenvalue weighted by Gasteiger charge is 2.12. The third kappa shape index (κ3) is 5.60. The SMILES string of the molecule is N#Cc1ccc(C(=O)N/N=C\c2cc(Br)c(OCC(=O)O)c(Br)c2)c(F)c1. The van der Waals surface area contributed by atoms with Gasteiger partial charge in [-0.3, -0.25) is 4.79 Å². The number of nitrogens with zero attached hydrogens (tertiary/aromatic N) is 2. The summed E-state index contributed by atoms with van der Waals surface area (Å²) < 4.78 is 19.9. The Balaban J connectivity index is 2.09. The molecule has 0 unspecified atom stereocenters. The van der Waals surface area contributed by atoms with Gasteiger partial charge >= 0.3 is 5.97 Å². The fourth-order valence-electron chi connectivity index (χ4n) is 1.92. The Bertz CT molecular complexity index is 950. The van der Waals surface area contributed by atoms with Crippen LogP contribution in [0, 0.1) is 17.1 Å². The molecule has 138 valence electrons. The van der Waals surface area contributed by atoms with Crippen LogP contribution in [-0.4, -0.2) is 29.8 Å². The molecule has 0 fully saturated rings. The summed E-state index contributed by atoms with van der Waals surface area (Å²) in [6.07, 6.45) is 1.32. The zero-order chi connectivity index (χ0) is 20.0. The van der Waals surface area contributed by atoms with Gasteiger partial charge in [0.25, 0.3) is 5.91 Å². The molecule has 0 heterocycles. The van der Waals surface area contributed by atoms with Crippen LogP contribution in [-0.2, 0) is 4.79 Å². The van der Waals surface area contributed by atoms with E-state index in [0.717, 1.165) is 6.07 Å². The van der Waals surface area contributed by atoms with Crippen LogP contribution in [0.5, 0.6) is 5.75 Å². The molecule has 2 aromatic carbocycles. The lowest BCUT2D eigenvalue weighted by Gasteiger charge is -2.09. The maximum absolute atomic E-state index is 13.8. The van der Waals surface area contributed by atoms with Crippen molar-refractivity contribution in [2.24, 2.45) is 5.10 Å². The second kappa shape index (κ2) is 9.25. The predicted molar refractivity (Wildman–Crippen MR) is 101 cm³/mol. The summed E-state index contributed by atoms with van der Waals surface area (Å²) >= 11 is 6.51. The monoisotopic (exact) mass is 497 g/mol. The van der Waals surface area contributed by atoms with E-state index in [4.69, 9.17) is 15.1 Å². The summed E-state index contributed by atoms with van der Waals surface area (Å²) in [6.45, 7) is -0.503. The molecule has 0 radical (unpaired) electrons. The van der Waals surface area contributed by atoms with Gasteiger partial charge in [0.1, 0.15) is 11.6 Å². The van der Waals surface area contributed by atoms with Crippen LogP contribution in [0.2, 0.25) is 0 Å². The van der Waals surface area contributed by atoms with Crippen molar-refractivity contribution in [1.82, 2.24) is 5.43 Å². The standard InChI is InChI=1S/C17H10Br2FN3O4/c18-12-3-10(4-13(19)16(12)27-8-15(24)25)7-22-23-17(26)11-2-1-9(6-21)5-14(11)20/h1-5,7H,8H2,(H,23,26)(H,24,25)/b22-7-. The Kier molecular flexibility index (Phi) is 7.04. The highest BCUT2D eigenvalue weighted by molar-refractivity contribution is 9.11. The Hall–Kier alpha value is -2.77. The minimum absolute atomic E-state index is 0.104. The quantitative estimate of drug-likeness (QED) is 0.468. The van der Waals surface area contributed by atoms with Crippen molar-refractivity contribution in [2.45, 2.75) is 0 Å². The van der Waals surface area contributed by atoms with Crippen molar-refractivity contribution in [2.75, 3.05) is 6.61 Å². The van der Waals surface area contributed by atoms with Crippen LogP contribution in [0.25, 0.3) is 0 Å². The van der Waals surface area contributed by atoms with E-state index in [2.05, 4.69) is 42.4 Å². The van der Waals surface area contributed by atoms with Gasteiger partial charge in [0.15, 0.2) is 6.61 Å². The van der Waals surface area contributed by atoms with Crippen LogP contribution < -0.4 is 10.2 Å². The Morgan fingerprint density at radius 1 is 1.30 bits per heavy atom. The van der Waals surface area contributed by atoms with Gasteiger partial charge in [-0.15, -0.1) is 0 Å². The normalized spacial score (nSPS) is 10.4. The topological polar surface area (TPSA) is 112 Å². The molecule has 2 rings (SSSR count). The zero-order valence-corrected chi connectivity index (χ0v) is 16.5. The van der Waals surface area contributed by atoms with Crippen molar-refractivity contribution in [3.8, 4) is 11.8 Å². The number of nitriles is 1. The van der Waals surface area contributed by atoms with Crippen molar-refractivity contribution >= 4 is 50.0 Å². The van der Waals surface area contributed by atoms with Gasteiger partial charge in [-0.25, -0.2) is 14.6 Å². The molecule has 0 saturated carbocycles. The molecule has 0 aliphatic heterocycles. The summed E-state index contributed by atoms with van der Waals surface area (Å²) in [5.41, 5.74) is 2.60. The van der Waals surface area contributed by atoms with E-state index in [1.165, 1.54) is 18.3 Å². The number of hydrazone groups is 1. The number of ether oxygens (including phenoxy) is 1. The van der Waals surface area contributed by atoms with Gasteiger partial charge in [0.05, 0.1) is 32.4 Å². The van der Waals surface area contributed by atoms with E-state index in [0.29, 0.717) is 20.3 Å². The van der Waals surface area contributed by atoms with Crippen LogP contribution >= 0.6 is 31.9 Å². The minimum Gasteiger partial charge on any atom is -0.480 e. The highest BCUT2D eigenvalue weighted by Crippen LogP contribution is 2.34. The molecule has 0 aliphatic rings. The molecule has 0 spiro atoms. The molecule has 1 amide bonds. The van der Waals surface area contributed by atoms with Gasteiger partial charge in [-0.1, -0.05) is 0 Å². The highest BCUT2D eigenvalue weighted by atomic mass is 79.9. The van der Waals surface area contributed by atoms with Crippen LogP contribution in [0.1, 0.15) is 21.5 Å². The molecule has 0 bridgehead atoms. The second-order valence-corrected chi connectivity index (χ2v) is 6.71. The summed E-state index contributed by atoms with van der Waals surface area (Å²) in [5.74, 6) is -2.41.